The largest absolute Gasteiger partial charge is 0.487 e. The van der Waals surface area contributed by atoms with Gasteiger partial charge in [0.25, 0.3) is 0 Å². The summed E-state index contributed by atoms with van der Waals surface area (Å²) in [4.78, 5) is 11.1. The molecule has 0 heterocycles. The second kappa shape index (κ2) is 4.33. The van der Waals surface area contributed by atoms with E-state index in [4.69, 9.17) is 9.47 Å². The molecule has 0 radical (unpaired) electrons. The van der Waals surface area contributed by atoms with Crippen molar-refractivity contribution in [3.05, 3.63) is 28.7 Å². The van der Waals surface area contributed by atoms with Crippen LogP contribution in [-0.2, 0) is 9.53 Å². The molecule has 0 aromatic heterocycles. The minimum Gasteiger partial charge on any atom is -0.487 e. The Hall–Kier alpha value is -0.870. The maximum absolute atomic E-state index is 11.1. The van der Waals surface area contributed by atoms with Crippen LogP contribution in [0.5, 0.6) is 5.75 Å². The fourth-order valence-corrected chi connectivity index (χ4v) is 1.81. The first-order valence-corrected chi connectivity index (χ1v) is 5.48. The van der Waals surface area contributed by atoms with E-state index in [0.717, 1.165) is 10.2 Å². The van der Waals surface area contributed by atoms with Crippen molar-refractivity contribution in [3.8, 4) is 5.75 Å². The van der Waals surface area contributed by atoms with Crippen molar-refractivity contribution in [2.24, 2.45) is 0 Å². The van der Waals surface area contributed by atoms with Crippen LogP contribution >= 0.6 is 15.9 Å². The third kappa shape index (κ3) is 2.21. The number of ketones is 1. The number of carbonyl (C=O) groups is 1. The molecule has 80 valence electrons. The van der Waals surface area contributed by atoms with Crippen LogP contribution in [0.3, 0.4) is 0 Å². The van der Waals surface area contributed by atoms with E-state index in [0.29, 0.717) is 6.42 Å². The summed E-state index contributed by atoms with van der Waals surface area (Å²) in [6.45, 7) is 0. The lowest BCUT2D eigenvalue weighted by atomic mass is 9.90. The summed E-state index contributed by atoms with van der Waals surface area (Å²) in [5, 5.41) is 0. The fourth-order valence-electron chi connectivity index (χ4n) is 1.54. The van der Waals surface area contributed by atoms with Crippen molar-refractivity contribution in [1.82, 2.24) is 0 Å². The van der Waals surface area contributed by atoms with Crippen LogP contribution in [0.25, 0.3) is 0 Å². The second-order valence-electron chi connectivity index (χ2n) is 3.44. The Morgan fingerprint density at radius 3 is 2.53 bits per heavy atom. The molecule has 0 N–H and O–H groups in total. The van der Waals surface area contributed by atoms with Gasteiger partial charge >= 0.3 is 0 Å². The summed E-state index contributed by atoms with van der Waals surface area (Å²) in [7, 11) is 1.53. The van der Waals surface area contributed by atoms with Crippen molar-refractivity contribution in [2.75, 3.05) is 7.11 Å². The first-order valence-electron chi connectivity index (χ1n) is 4.68. The van der Waals surface area contributed by atoms with E-state index in [1.807, 2.05) is 24.3 Å². The molecule has 0 saturated heterocycles. The Labute approximate surface area is 96.5 Å². The zero-order valence-electron chi connectivity index (χ0n) is 8.27. The molecule has 1 fully saturated rings. The van der Waals surface area contributed by atoms with Crippen LogP contribution in [0.4, 0.5) is 0 Å². The molecular weight excluding hydrogens is 260 g/mol. The molecule has 1 saturated carbocycles. The average Bonchev–Trinajstić information content (AvgIpc) is 2.21. The summed E-state index contributed by atoms with van der Waals surface area (Å²) in [6.07, 6.45) is -0.0912. The Morgan fingerprint density at radius 2 is 2.00 bits per heavy atom. The molecule has 1 aromatic rings. The van der Waals surface area contributed by atoms with Crippen LogP contribution in [0.2, 0.25) is 0 Å². The average molecular weight is 271 g/mol. The molecule has 2 atom stereocenters. The predicted molar refractivity (Wildman–Crippen MR) is 59.0 cm³/mol. The smallest absolute Gasteiger partial charge is 0.169 e. The molecule has 3 nitrogen and oxygen atoms in total. The second-order valence-corrected chi connectivity index (χ2v) is 4.35. The van der Waals surface area contributed by atoms with Gasteiger partial charge in [0.05, 0.1) is 0 Å². The Bertz CT molecular complexity index is 361. The Morgan fingerprint density at radius 1 is 1.33 bits per heavy atom. The zero-order valence-corrected chi connectivity index (χ0v) is 9.86. The summed E-state index contributed by atoms with van der Waals surface area (Å²) in [5.74, 6) is 0.873. The van der Waals surface area contributed by atoms with Gasteiger partial charge in [-0.15, -0.1) is 0 Å². The fraction of sp³-hybridized carbons (Fsp3) is 0.364. The van der Waals surface area contributed by atoms with Gasteiger partial charge in [-0.25, -0.2) is 0 Å². The van der Waals surface area contributed by atoms with E-state index < -0.39 is 6.10 Å². The number of halogens is 1. The van der Waals surface area contributed by atoms with Crippen LogP contribution in [-0.4, -0.2) is 25.1 Å². The molecule has 0 amide bonds. The molecule has 1 aromatic carbocycles. The van der Waals surface area contributed by atoms with Gasteiger partial charge in [-0.2, -0.15) is 0 Å². The Balaban J connectivity index is 1.98. The number of hydrogen-bond acceptors (Lipinski definition) is 3. The monoisotopic (exact) mass is 270 g/mol. The lowest BCUT2D eigenvalue weighted by Crippen LogP contribution is -2.51. The topological polar surface area (TPSA) is 35.5 Å². The molecule has 2 rings (SSSR count). The molecular formula is C11H11BrO3. The van der Waals surface area contributed by atoms with E-state index in [2.05, 4.69) is 15.9 Å². The number of carbonyl (C=O) groups excluding carboxylic acids is 1. The molecule has 2 unspecified atom stereocenters. The first kappa shape index (κ1) is 10.6. The normalized spacial score (nSPS) is 24.8. The molecule has 4 heteroatoms. The highest BCUT2D eigenvalue weighted by molar-refractivity contribution is 9.10. The van der Waals surface area contributed by atoms with Gasteiger partial charge in [0.15, 0.2) is 11.9 Å². The van der Waals surface area contributed by atoms with Gasteiger partial charge in [-0.1, -0.05) is 15.9 Å². The summed E-state index contributed by atoms with van der Waals surface area (Å²) >= 11 is 3.34. The number of methoxy groups -OCH3 is 1. The lowest BCUT2D eigenvalue weighted by molar-refractivity contribution is -0.150. The third-order valence-corrected chi connectivity index (χ3v) is 2.94. The number of Topliss-reactive ketones (excluding diaryl/α,β-unsaturated/α-hetero) is 1. The van der Waals surface area contributed by atoms with E-state index in [-0.39, 0.29) is 11.9 Å². The number of rotatable bonds is 3. The van der Waals surface area contributed by atoms with Crippen LogP contribution < -0.4 is 4.74 Å². The van der Waals surface area contributed by atoms with Gasteiger partial charge in [0, 0.05) is 18.0 Å². The molecule has 0 spiro atoms. The van der Waals surface area contributed by atoms with Crippen molar-refractivity contribution in [3.63, 3.8) is 0 Å². The van der Waals surface area contributed by atoms with Crippen molar-refractivity contribution >= 4 is 21.7 Å². The standard InChI is InChI=1S/C11H11BrO3/c1-14-11-9(13)6-10(11)15-8-4-2-7(12)3-5-8/h2-5,10-11H,6H2,1H3. The SMILES string of the molecule is COC1C(=O)CC1Oc1ccc(Br)cc1. The van der Waals surface area contributed by atoms with Crippen LogP contribution in [0, 0.1) is 0 Å². The van der Waals surface area contributed by atoms with E-state index in [1.165, 1.54) is 7.11 Å². The van der Waals surface area contributed by atoms with E-state index >= 15 is 0 Å². The summed E-state index contributed by atoms with van der Waals surface area (Å²) < 4.78 is 11.6. The molecule has 0 aliphatic heterocycles. The molecule has 15 heavy (non-hydrogen) atoms. The highest BCUT2D eigenvalue weighted by atomic mass is 79.9. The Kier molecular flexibility index (Phi) is 3.07. The molecule has 1 aliphatic carbocycles. The highest BCUT2D eigenvalue weighted by Gasteiger charge is 2.41. The lowest BCUT2D eigenvalue weighted by Gasteiger charge is -2.33. The minimum atomic E-state index is -0.395. The van der Waals surface area contributed by atoms with Gasteiger partial charge in [-0.3, -0.25) is 4.79 Å². The number of ether oxygens (including phenoxy) is 2. The van der Waals surface area contributed by atoms with Crippen molar-refractivity contribution in [2.45, 2.75) is 18.6 Å². The molecule has 1 aliphatic rings. The van der Waals surface area contributed by atoms with Gasteiger partial charge in [0.1, 0.15) is 11.9 Å². The quantitative estimate of drug-likeness (QED) is 0.845. The van der Waals surface area contributed by atoms with Gasteiger partial charge in [-0.05, 0) is 24.3 Å². The van der Waals surface area contributed by atoms with Gasteiger partial charge < -0.3 is 9.47 Å². The van der Waals surface area contributed by atoms with Crippen LogP contribution in [0.15, 0.2) is 28.7 Å². The van der Waals surface area contributed by atoms with Crippen LogP contribution in [0.1, 0.15) is 6.42 Å². The zero-order chi connectivity index (χ0) is 10.8. The number of hydrogen-bond donors (Lipinski definition) is 0. The number of benzene rings is 1. The van der Waals surface area contributed by atoms with E-state index in [1.54, 1.807) is 0 Å². The van der Waals surface area contributed by atoms with Crippen molar-refractivity contribution in [1.29, 1.82) is 0 Å². The maximum Gasteiger partial charge on any atom is 0.169 e. The summed E-state index contributed by atoms with van der Waals surface area (Å²) in [6, 6.07) is 7.52. The highest BCUT2D eigenvalue weighted by Crippen LogP contribution is 2.26. The summed E-state index contributed by atoms with van der Waals surface area (Å²) in [5.41, 5.74) is 0. The first-order chi connectivity index (χ1) is 7.20. The van der Waals surface area contributed by atoms with Gasteiger partial charge in [0.2, 0.25) is 0 Å². The van der Waals surface area contributed by atoms with E-state index in [9.17, 15) is 4.79 Å². The van der Waals surface area contributed by atoms with Crippen molar-refractivity contribution < 1.29 is 14.3 Å². The third-order valence-electron chi connectivity index (χ3n) is 2.41. The maximum atomic E-state index is 11.1. The minimum absolute atomic E-state index is 0.111. The molecule has 0 bridgehead atoms. The predicted octanol–water partition coefficient (Wildman–Crippen LogP) is 2.18.